The minimum absolute atomic E-state index is 0.00843. The van der Waals surface area contributed by atoms with Crippen molar-refractivity contribution in [1.82, 2.24) is 14.8 Å². The first-order chi connectivity index (χ1) is 20.5. The fourth-order valence-electron chi connectivity index (χ4n) is 4.24. The van der Waals surface area contributed by atoms with Crippen LogP contribution in [0.4, 0.5) is 8.78 Å². The third-order valence-electron chi connectivity index (χ3n) is 6.33. The van der Waals surface area contributed by atoms with Gasteiger partial charge in [-0.3, -0.25) is 19.9 Å². The number of nitrogens with zero attached hydrogens (tertiary/aromatic N) is 3. The molecule has 2 aromatic carbocycles. The number of hydrogen-bond acceptors (Lipinski definition) is 10. The average molecular weight is 600 g/mol. The highest BCUT2D eigenvalue weighted by Crippen LogP contribution is 2.40. The molecule has 1 fully saturated rings. The molecule has 43 heavy (non-hydrogen) atoms. The quantitative estimate of drug-likeness (QED) is 0.169. The molecule has 0 bridgehead atoms. The fraction of sp³-hybridized carbons (Fsp3) is 0.310. The average Bonchev–Trinajstić information content (AvgIpc) is 3.40. The van der Waals surface area contributed by atoms with Gasteiger partial charge in [-0.2, -0.15) is 13.8 Å². The number of carbonyl (C=O) groups is 2. The van der Waals surface area contributed by atoms with E-state index in [0.29, 0.717) is 13.0 Å². The van der Waals surface area contributed by atoms with E-state index in [2.05, 4.69) is 4.98 Å². The number of carbonyl (C=O) groups excluding carboxylic acids is 2. The Kier molecular flexibility index (Phi) is 9.60. The number of nitrogen functional groups attached to an aromatic ring is 1. The highest BCUT2D eigenvalue weighted by molar-refractivity contribution is 5.95. The molecule has 0 saturated carbocycles. The number of aromatic hydroxyl groups is 1. The number of likely N-dealkylation sites (tertiary alicyclic amines) is 1. The summed E-state index contributed by atoms with van der Waals surface area (Å²) >= 11 is 0. The standard InChI is InChI=1S/C29H31F2N5O7/c1-4-40-22(38)15-36-11-10-19(14-36)41-25-23(30)27(42-18-7-5-6-17(12-18)29(39)35(2)3)34-28(24(25)31)43-21-13-16(26(32)33)8-9-20(21)37/h5-9,12-13,19,37H,4,10-11,14-15H2,1-3H3,(H3,32,33). The van der Waals surface area contributed by atoms with Gasteiger partial charge in [0, 0.05) is 38.3 Å². The summed E-state index contributed by atoms with van der Waals surface area (Å²) in [6.45, 7) is 2.51. The second kappa shape index (κ2) is 13.3. The molecular formula is C29H31F2N5O7. The Hall–Kier alpha value is -4.98. The largest absolute Gasteiger partial charge is 0.504 e. The second-order valence-corrected chi connectivity index (χ2v) is 9.78. The number of nitrogens with two attached hydrogens (primary N) is 1. The van der Waals surface area contributed by atoms with Gasteiger partial charge in [-0.25, -0.2) is 0 Å². The normalized spacial score (nSPS) is 14.7. The number of phenols is 1. The molecule has 4 rings (SSSR count). The van der Waals surface area contributed by atoms with Crippen molar-refractivity contribution in [1.29, 1.82) is 5.41 Å². The summed E-state index contributed by atoms with van der Waals surface area (Å²) in [4.78, 5) is 31.2. The van der Waals surface area contributed by atoms with E-state index in [9.17, 15) is 14.7 Å². The van der Waals surface area contributed by atoms with Gasteiger partial charge in [0.15, 0.2) is 11.5 Å². The first-order valence-corrected chi connectivity index (χ1v) is 13.2. The molecule has 2 heterocycles. The van der Waals surface area contributed by atoms with Crippen molar-refractivity contribution in [2.45, 2.75) is 19.4 Å². The molecule has 1 atom stereocenters. The van der Waals surface area contributed by atoms with E-state index in [1.54, 1.807) is 32.0 Å². The van der Waals surface area contributed by atoms with Crippen LogP contribution >= 0.6 is 0 Å². The van der Waals surface area contributed by atoms with Crippen molar-refractivity contribution >= 4 is 17.7 Å². The lowest BCUT2D eigenvalue weighted by Gasteiger charge is -2.19. The van der Waals surface area contributed by atoms with Crippen LogP contribution in [0.25, 0.3) is 0 Å². The van der Waals surface area contributed by atoms with Crippen molar-refractivity contribution in [3.05, 3.63) is 65.2 Å². The number of esters is 1. The van der Waals surface area contributed by atoms with Crippen LogP contribution in [-0.4, -0.2) is 84.0 Å². The summed E-state index contributed by atoms with van der Waals surface area (Å²) in [7, 11) is 3.13. The van der Waals surface area contributed by atoms with E-state index >= 15 is 8.78 Å². The lowest BCUT2D eigenvalue weighted by molar-refractivity contribution is -0.144. The van der Waals surface area contributed by atoms with Gasteiger partial charge in [-0.15, -0.1) is 0 Å². The predicted molar refractivity (Wildman–Crippen MR) is 150 cm³/mol. The fourth-order valence-corrected chi connectivity index (χ4v) is 4.24. The molecule has 0 spiro atoms. The van der Waals surface area contributed by atoms with Crippen molar-refractivity contribution < 1.29 is 42.4 Å². The molecule has 1 aromatic heterocycles. The Morgan fingerprint density at radius 1 is 1.12 bits per heavy atom. The number of halogens is 2. The van der Waals surface area contributed by atoms with Gasteiger partial charge in [0.2, 0.25) is 17.4 Å². The lowest BCUT2D eigenvalue weighted by Crippen LogP contribution is -2.31. The van der Waals surface area contributed by atoms with Crippen LogP contribution in [0.5, 0.6) is 34.8 Å². The Morgan fingerprint density at radius 3 is 2.51 bits per heavy atom. The first kappa shape index (κ1) is 31.0. The predicted octanol–water partition coefficient (Wildman–Crippen LogP) is 3.65. The van der Waals surface area contributed by atoms with Crippen LogP contribution < -0.4 is 19.9 Å². The molecule has 3 aromatic rings. The zero-order valence-electron chi connectivity index (χ0n) is 23.7. The number of ether oxygens (including phenoxy) is 4. The maximum atomic E-state index is 15.8. The Balaban J connectivity index is 1.70. The van der Waals surface area contributed by atoms with E-state index in [0.717, 1.165) is 0 Å². The van der Waals surface area contributed by atoms with Gasteiger partial charge >= 0.3 is 5.97 Å². The van der Waals surface area contributed by atoms with E-state index in [-0.39, 0.29) is 54.1 Å². The Morgan fingerprint density at radius 2 is 1.84 bits per heavy atom. The summed E-state index contributed by atoms with van der Waals surface area (Å²) in [6.07, 6.45) is -0.361. The third-order valence-corrected chi connectivity index (χ3v) is 6.33. The van der Waals surface area contributed by atoms with Crippen LogP contribution in [0, 0.1) is 17.0 Å². The molecule has 12 nitrogen and oxygen atoms in total. The van der Waals surface area contributed by atoms with Gasteiger partial charge in [0.05, 0.1) is 13.2 Å². The van der Waals surface area contributed by atoms with E-state index < -0.39 is 47.0 Å². The Labute approximate surface area is 246 Å². The summed E-state index contributed by atoms with van der Waals surface area (Å²) < 4.78 is 53.4. The molecule has 1 unspecified atom stereocenters. The third kappa shape index (κ3) is 7.46. The molecular weight excluding hydrogens is 568 g/mol. The van der Waals surface area contributed by atoms with Gasteiger partial charge in [-0.05, 0) is 49.7 Å². The number of rotatable bonds is 11. The number of hydrogen-bond donors (Lipinski definition) is 3. The van der Waals surface area contributed by atoms with Crippen LogP contribution in [0.2, 0.25) is 0 Å². The Bertz CT molecular complexity index is 1540. The molecule has 1 aliphatic heterocycles. The minimum atomic E-state index is -1.32. The zero-order valence-corrected chi connectivity index (χ0v) is 23.7. The lowest BCUT2D eigenvalue weighted by atomic mass is 10.2. The molecule has 0 radical (unpaired) electrons. The summed E-state index contributed by atoms with van der Waals surface area (Å²) in [6, 6.07) is 9.59. The van der Waals surface area contributed by atoms with Crippen LogP contribution in [0.15, 0.2) is 42.5 Å². The number of amides is 1. The number of amidine groups is 1. The van der Waals surface area contributed by atoms with Crippen LogP contribution in [0.3, 0.4) is 0 Å². The molecule has 1 aliphatic rings. The monoisotopic (exact) mass is 599 g/mol. The summed E-state index contributed by atoms with van der Waals surface area (Å²) in [5.74, 6) is -6.82. The zero-order chi connectivity index (χ0) is 31.3. The van der Waals surface area contributed by atoms with Gasteiger partial charge < -0.3 is 34.7 Å². The van der Waals surface area contributed by atoms with Crippen LogP contribution in [-0.2, 0) is 9.53 Å². The number of nitrogens with one attached hydrogen (secondary N) is 1. The highest BCUT2D eigenvalue weighted by Gasteiger charge is 2.32. The van der Waals surface area contributed by atoms with Crippen molar-refractivity contribution in [2.75, 3.05) is 40.3 Å². The highest BCUT2D eigenvalue weighted by atomic mass is 19.1. The maximum absolute atomic E-state index is 15.8. The second-order valence-electron chi connectivity index (χ2n) is 9.78. The molecule has 1 amide bonds. The van der Waals surface area contributed by atoms with E-state index in [4.69, 9.17) is 30.1 Å². The molecule has 4 N–H and O–H groups in total. The van der Waals surface area contributed by atoms with Crippen molar-refractivity contribution in [2.24, 2.45) is 5.73 Å². The summed E-state index contributed by atoms with van der Waals surface area (Å²) in [5, 5.41) is 17.9. The molecule has 228 valence electrons. The maximum Gasteiger partial charge on any atom is 0.320 e. The number of benzene rings is 2. The molecule has 14 heteroatoms. The van der Waals surface area contributed by atoms with Gasteiger partial charge in [-0.1, -0.05) is 6.07 Å². The number of pyridine rings is 1. The number of phenolic OH excluding ortho intramolecular Hbond substituents is 1. The van der Waals surface area contributed by atoms with Gasteiger partial charge in [0.1, 0.15) is 17.7 Å². The smallest absolute Gasteiger partial charge is 0.320 e. The molecule has 1 saturated heterocycles. The molecule has 0 aliphatic carbocycles. The van der Waals surface area contributed by atoms with Crippen molar-refractivity contribution in [3.63, 3.8) is 0 Å². The van der Waals surface area contributed by atoms with E-state index in [1.807, 2.05) is 0 Å². The van der Waals surface area contributed by atoms with Crippen LogP contribution in [0.1, 0.15) is 29.3 Å². The summed E-state index contributed by atoms with van der Waals surface area (Å²) in [5.41, 5.74) is 5.93. The van der Waals surface area contributed by atoms with Gasteiger partial charge in [0.25, 0.3) is 17.7 Å². The topological polar surface area (TPSA) is 161 Å². The van der Waals surface area contributed by atoms with E-state index in [1.165, 1.54) is 41.3 Å². The number of aromatic nitrogens is 1. The van der Waals surface area contributed by atoms with Crippen molar-refractivity contribution in [3.8, 4) is 34.8 Å². The minimum Gasteiger partial charge on any atom is -0.504 e. The SMILES string of the molecule is CCOC(=O)CN1CCC(Oc2c(F)c(Oc3cccc(C(=O)N(C)C)c3)nc(Oc3cc(C(=N)N)ccc3O)c2F)C1. The first-order valence-electron chi connectivity index (χ1n) is 13.2.